The van der Waals surface area contributed by atoms with E-state index in [-0.39, 0.29) is 24.1 Å². The predicted molar refractivity (Wildman–Crippen MR) is 76.9 cm³/mol. The van der Waals surface area contributed by atoms with Gasteiger partial charge in [0, 0.05) is 14.1 Å². The number of rotatable bonds is 3. The van der Waals surface area contributed by atoms with Gasteiger partial charge in [-0.3, -0.25) is 23.7 Å². The van der Waals surface area contributed by atoms with Crippen LogP contribution in [0.25, 0.3) is 11.2 Å². The molecule has 0 saturated carbocycles. The maximum atomic E-state index is 12.3. The number of hydrogen-bond donors (Lipinski definition) is 0. The van der Waals surface area contributed by atoms with Crippen LogP contribution in [0.3, 0.4) is 0 Å². The van der Waals surface area contributed by atoms with Gasteiger partial charge in [0.15, 0.2) is 5.65 Å². The zero-order valence-corrected chi connectivity index (χ0v) is 12.9. The maximum Gasteiger partial charge on any atom is 0.252 e. The Kier molecular flexibility index (Phi) is 3.24. The molecular formula is C13H16ClN5O2. The van der Waals surface area contributed by atoms with Crippen LogP contribution in [-0.2, 0) is 28.9 Å². The molecule has 3 heterocycles. The zero-order valence-electron chi connectivity index (χ0n) is 12.1. The standard InChI is InChI=1S/C13H16ClN5O2/c1-4-7-11-12(18(3)16-7)19(9(6-14)15-11)8-5-10(20)17(2)13(8)21/h8H,4-6H2,1-3H3. The van der Waals surface area contributed by atoms with Gasteiger partial charge in [-0.15, -0.1) is 11.6 Å². The van der Waals surface area contributed by atoms with Crippen LogP contribution in [0.15, 0.2) is 0 Å². The number of carbonyl (C=O) groups excluding carboxylic acids is 2. The van der Waals surface area contributed by atoms with E-state index in [9.17, 15) is 9.59 Å². The number of aromatic nitrogens is 4. The SMILES string of the molecule is CCc1nn(C)c2c1nc(CCl)n2C1CC(=O)N(C)C1=O. The number of likely N-dealkylation sites (tertiary alicyclic amines) is 1. The number of aryl methyl sites for hydroxylation is 2. The molecule has 0 radical (unpaired) electrons. The van der Waals surface area contributed by atoms with Gasteiger partial charge >= 0.3 is 0 Å². The molecule has 1 atom stereocenters. The van der Waals surface area contributed by atoms with E-state index in [0.717, 1.165) is 28.2 Å². The highest BCUT2D eigenvalue weighted by atomic mass is 35.5. The van der Waals surface area contributed by atoms with Crippen LogP contribution in [-0.4, -0.2) is 43.1 Å². The molecule has 1 saturated heterocycles. The average molecular weight is 310 g/mol. The van der Waals surface area contributed by atoms with Gasteiger partial charge in [0.05, 0.1) is 18.0 Å². The molecule has 3 rings (SSSR count). The van der Waals surface area contributed by atoms with Crippen LogP contribution in [0.4, 0.5) is 0 Å². The highest BCUT2D eigenvalue weighted by Gasteiger charge is 2.39. The number of alkyl halides is 1. The third-order valence-electron chi connectivity index (χ3n) is 3.93. The minimum absolute atomic E-state index is 0.136. The van der Waals surface area contributed by atoms with Crippen LogP contribution >= 0.6 is 11.6 Å². The number of carbonyl (C=O) groups is 2. The third-order valence-corrected chi connectivity index (χ3v) is 4.17. The topological polar surface area (TPSA) is 73.0 Å². The van der Waals surface area contributed by atoms with Crippen molar-refractivity contribution in [3.05, 3.63) is 11.5 Å². The molecule has 8 heteroatoms. The third kappa shape index (κ3) is 1.87. The van der Waals surface area contributed by atoms with Crippen LogP contribution in [0.1, 0.15) is 30.9 Å². The Morgan fingerprint density at radius 2 is 2.05 bits per heavy atom. The fourth-order valence-corrected chi connectivity index (χ4v) is 3.03. The highest BCUT2D eigenvalue weighted by Crippen LogP contribution is 2.31. The monoisotopic (exact) mass is 309 g/mol. The molecule has 2 amide bonds. The summed E-state index contributed by atoms with van der Waals surface area (Å²) >= 11 is 5.98. The zero-order chi connectivity index (χ0) is 15.3. The summed E-state index contributed by atoms with van der Waals surface area (Å²) in [5, 5.41) is 4.42. The van der Waals surface area contributed by atoms with Gasteiger partial charge in [0.1, 0.15) is 17.4 Å². The minimum atomic E-state index is -0.582. The van der Waals surface area contributed by atoms with Gasteiger partial charge in [-0.25, -0.2) is 4.98 Å². The van der Waals surface area contributed by atoms with E-state index >= 15 is 0 Å². The minimum Gasteiger partial charge on any atom is -0.299 e. The second kappa shape index (κ2) is 4.84. The highest BCUT2D eigenvalue weighted by molar-refractivity contribution is 6.17. The molecule has 1 fully saturated rings. The summed E-state index contributed by atoms with van der Waals surface area (Å²) in [6, 6.07) is -0.582. The summed E-state index contributed by atoms with van der Waals surface area (Å²) < 4.78 is 3.46. The van der Waals surface area contributed by atoms with Crippen molar-refractivity contribution in [2.75, 3.05) is 7.05 Å². The molecule has 0 aromatic carbocycles. The summed E-state index contributed by atoms with van der Waals surface area (Å²) in [4.78, 5) is 29.8. The number of halogens is 1. The van der Waals surface area contributed by atoms with Crippen molar-refractivity contribution in [1.82, 2.24) is 24.2 Å². The normalized spacial score (nSPS) is 19.2. The van der Waals surface area contributed by atoms with Gasteiger partial charge in [0.25, 0.3) is 5.91 Å². The largest absolute Gasteiger partial charge is 0.299 e. The van der Waals surface area contributed by atoms with Gasteiger partial charge < -0.3 is 0 Å². The molecule has 2 aromatic rings. The van der Waals surface area contributed by atoms with E-state index in [1.807, 2.05) is 14.0 Å². The van der Waals surface area contributed by atoms with Crippen molar-refractivity contribution in [1.29, 1.82) is 0 Å². The number of fused-ring (bicyclic) bond motifs is 1. The molecule has 2 aromatic heterocycles. The van der Waals surface area contributed by atoms with E-state index in [4.69, 9.17) is 11.6 Å². The van der Waals surface area contributed by atoms with Gasteiger partial charge in [0.2, 0.25) is 5.91 Å². The lowest BCUT2D eigenvalue weighted by Gasteiger charge is -2.14. The second-order valence-electron chi connectivity index (χ2n) is 5.14. The summed E-state index contributed by atoms with van der Waals surface area (Å²) in [5.74, 6) is 0.352. The number of nitrogens with zero attached hydrogens (tertiary/aromatic N) is 5. The van der Waals surface area contributed by atoms with Crippen molar-refractivity contribution in [2.24, 2.45) is 7.05 Å². The molecule has 1 unspecified atom stereocenters. The van der Waals surface area contributed by atoms with Crippen molar-refractivity contribution in [2.45, 2.75) is 31.7 Å². The van der Waals surface area contributed by atoms with E-state index in [2.05, 4.69) is 10.1 Å². The summed E-state index contributed by atoms with van der Waals surface area (Å²) in [6.45, 7) is 2.00. The number of imidazole rings is 1. The molecule has 21 heavy (non-hydrogen) atoms. The Hall–Kier alpha value is -1.89. The molecule has 1 aliphatic rings. The quantitative estimate of drug-likeness (QED) is 0.626. The van der Waals surface area contributed by atoms with E-state index < -0.39 is 6.04 Å². The number of hydrogen-bond acceptors (Lipinski definition) is 4. The van der Waals surface area contributed by atoms with E-state index in [0.29, 0.717) is 5.82 Å². The van der Waals surface area contributed by atoms with Crippen LogP contribution in [0, 0.1) is 0 Å². The van der Waals surface area contributed by atoms with Crippen molar-refractivity contribution >= 4 is 34.6 Å². The Labute approximate surface area is 126 Å². The Morgan fingerprint density at radius 3 is 2.57 bits per heavy atom. The first-order chi connectivity index (χ1) is 9.99. The van der Waals surface area contributed by atoms with E-state index in [1.54, 1.807) is 9.25 Å². The van der Waals surface area contributed by atoms with E-state index in [1.165, 1.54) is 7.05 Å². The summed E-state index contributed by atoms with van der Waals surface area (Å²) in [5.41, 5.74) is 2.36. The summed E-state index contributed by atoms with van der Waals surface area (Å²) in [6.07, 6.45) is 0.880. The van der Waals surface area contributed by atoms with Crippen molar-refractivity contribution in [3.63, 3.8) is 0 Å². The molecule has 0 bridgehead atoms. The number of amides is 2. The molecule has 112 valence electrons. The Balaban J connectivity index is 2.24. The predicted octanol–water partition coefficient (Wildman–Crippen LogP) is 1.00. The first kappa shape index (κ1) is 14.1. The maximum absolute atomic E-state index is 12.3. The van der Waals surface area contributed by atoms with Gasteiger partial charge in [-0.05, 0) is 6.42 Å². The Morgan fingerprint density at radius 1 is 1.33 bits per heavy atom. The lowest BCUT2D eigenvalue weighted by atomic mass is 10.2. The molecule has 0 aliphatic carbocycles. The van der Waals surface area contributed by atoms with Crippen LogP contribution in [0.5, 0.6) is 0 Å². The lowest BCUT2D eigenvalue weighted by molar-refractivity contribution is -0.137. The van der Waals surface area contributed by atoms with Crippen molar-refractivity contribution in [3.8, 4) is 0 Å². The first-order valence-corrected chi connectivity index (χ1v) is 7.32. The molecule has 7 nitrogen and oxygen atoms in total. The lowest BCUT2D eigenvalue weighted by Crippen LogP contribution is -2.27. The van der Waals surface area contributed by atoms with Crippen LogP contribution < -0.4 is 0 Å². The number of likely N-dealkylation sites (N-methyl/N-ethyl adjacent to an activating group) is 1. The van der Waals surface area contributed by atoms with Crippen molar-refractivity contribution < 1.29 is 9.59 Å². The molecule has 0 N–H and O–H groups in total. The second-order valence-corrected chi connectivity index (χ2v) is 5.41. The average Bonchev–Trinajstić information content (AvgIpc) is 3.07. The molecular weight excluding hydrogens is 294 g/mol. The summed E-state index contributed by atoms with van der Waals surface area (Å²) in [7, 11) is 3.31. The first-order valence-electron chi connectivity index (χ1n) is 6.78. The fourth-order valence-electron chi connectivity index (χ4n) is 2.85. The Bertz CT molecular complexity index is 747. The van der Waals surface area contributed by atoms with Gasteiger partial charge in [-0.2, -0.15) is 5.10 Å². The van der Waals surface area contributed by atoms with Gasteiger partial charge in [-0.1, -0.05) is 6.92 Å². The molecule has 1 aliphatic heterocycles. The fraction of sp³-hybridized carbons (Fsp3) is 0.538. The number of imide groups is 1. The van der Waals surface area contributed by atoms with Crippen LogP contribution in [0.2, 0.25) is 0 Å². The smallest absolute Gasteiger partial charge is 0.252 e. The molecule has 0 spiro atoms.